The van der Waals surface area contributed by atoms with E-state index < -0.39 is 0 Å². The van der Waals surface area contributed by atoms with Crippen LogP contribution in [0, 0.1) is 0 Å². The molecule has 714 valence electrons. The van der Waals surface area contributed by atoms with Gasteiger partial charge in [0.05, 0.1) is 144 Å². The van der Waals surface area contributed by atoms with E-state index in [2.05, 4.69) is 176 Å². The lowest BCUT2D eigenvalue weighted by Gasteiger charge is -2.31. The minimum absolute atomic E-state index is 0.116. The van der Waals surface area contributed by atoms with Crippen LogP contribution in [0.15, 0.2) is 166 Å². The molecule has 0 atom stereocenters. The lowest BCUT2D eigenvalue weighted by atomic mass is 9.92. The van der Waals surface area contributed by atoms with Gasteiger partial charge in [0, 0.05) is 216 Å². The monoisotopic (exact) mass is 1850 g/mol. The van der Waals surface area contributed by atoms with Gasteiger partial charge in [0.25, 0.3) is 0 Å². The first-order valence-corrected chi connectivity index (χ1v) is 48.9. The number of hydrogen-bond acceptors (Lipinski definition) is 35. The van der Waals surface area contributed by atoms with Crippen molar-refractivity contribution in [2.45, 2.75) is 183 Å². The van der Waals surface area contributed by atoms with Gasteiger partial charge >= 0.3 is 0 Å². The van der Waals surface area contributed by atoms with E-state index in [-0.39, 0.29) is 30.5 Å². The molecule has 10 aliphatic rings. The van der Waals surface area contributed by atoms with Crippen LogP contribution in [0.4, 0.5) is 46.3 Å². The van der Waals surface area contributed by atoms with Crippen LogP contribution < -0.4 is 69.9 Å². The number of hydrogen-bond donors (Lipinski definition) is 5. The van der Waals surface area contributed by atoms with E-state index in [1.54, 1.807) is 86.8 Å². The summed E-state index contributed by atoms with van der Waals surface area (Å²) in [6.45, 7) is 19.0. The molecule has 0 spiro atoms. The lowest BCUT2D eigenvalue weighted by Crippen LogP contribution is -2.38. The molecule has 0 radical (unpaired) electrons. The number of piperidine rings is 1. The number of benzene rings is 4. The summed E-state index contributed by atoms with van der Waals surface area (Å²) in [6, 6.07) is 22.4. The highest BCUT2D eigenvalue weighted by Crippen LogP contribution is 2.40. The lowest BCUT2D eigenvalue weighted by molar-refractivity contribution is -0.0799. The molecular weight excluding hydrogens is 1730 g/mol. The summed E-state index contributed by atoms with van der Waals surface area (Å²) in [5.41, 5.74) is 14.5. The summed E-state index contributed by atoms with van der Waals surface area (Å²) in [5.74, 6) is 6.56. The smallest absolute Gasteiger partial charge is 0.223 e. The van der Waals surface area contributed by atoms with Gasteiger partial charge in [0.2, 0.25) is 17.8 Å². The van der Waals surface area contributed by atoms with E-state index in [4.69, 9.17) is 52.1 Å². The summed E-state index contributed by atoms with van der Waals surface area (Å²) >= 11 is 0. The van der Waals surface area contributed by atoms with Gasteiger partial charge in [-0.15, -0.1) is 0 Å². The van der Waals surface area contributed by atoms with Crippen LogP contribution in [0.3, 0.4) is 0 Å². The van der Waals surface area contributed by atoms with Gasteiger partial charge < -0.3 is 98.3 Å². The molecule has 136 heavy (non-hydrogen) atoms. The Morgan fingerprint density at radius 2 is 0.684 bits per heavy atom. The van der Waals surface area contributed by atoms with Crippen molar-refractivity contribution >= 4 is 96.5 Å². The van der Waals surface area contributed by atoms with Gasteiger partial charge in [-0.05, 0) is 190 Å². The Morgan fingerprint density at radius 1 is 0.346 bits per heavy atom. The third-order valence-corrected chi connectivity index (χ3v) is 26.7. The SMILES string of the molecule is CCO/C=C/c1cnc(NC2CCC(Oc3cc(N4CCOCC4)cc4nccnc34)CC2)nc1.c1cnc2c(OC3CCC(Nc4ncc(C5CCNCC5)cn4)CC3)cc(N3CCOCC3)cc2n1.c1cnc2c(OC3CCC(Nc4ncc(OC5COC5)cn4)CC3)cc(N3CCOCC3)cc2n1.c1cncc(NC2CCC(Oc3cc(N4CCOCC4)cc4nccnc34)CC2)c1. The second kappa shape index (κ2) is 46.7. The zero-order chi connectivity index (χ0) is 91.7. The standard InChI is InChI=1S/C27H35N7O2.C26H32N6O3.C25H30N6O4.C23H27N5O2/c1-3-23(4-2-21(1)33-27-31-17-20(18-32-27)19-5-7-28-8-6-19)36-25-16-22(34-11-13-35-14-12-34)15-24-26(25)30-10-9-29-24;1-2-33-12-7-19-17-29-26(30-18-19)31-20-3-5-22(6-4-20)35-24-16-21(32-10-13-34-14-11-32)15-23-25(24)28-9-8-27-23;1-3-19(4-2-17(1)30-25-28-13-20(14-29-25)34-21-15-33-16-21)35-23-12-18(31-7-9-32-10-8-31)11-22-24(23)27-6-5-26-22;1-2-18(16-24-7-1)27-17-3-5-20(6-4-17)30-22-15-19(28-10-12-29-13-11-28)14-21-23(22)26-9-8-25-21/h9-10,15-19,21,23,28H,1-8,11-14H2,(H,31,32,33);7-9,12,15-18,20,22H,2-6,10-11,13-14H2,1H3,(H,29,30,31);5-6,11-14,17,19,21H,1-4,7-10,15-16H2,(H,28,29,30);1-2,7-9,14-17,20,27H,3-6,10-13H2/b;12-7+;;. The average molecular weight is 1850 g/mol. The van der Waals surface area contributed by atoms with Crippen molar-refractivity contribution in [2.24, 2.45) is 0 Å². The first-order valence-electron chi connectivity index (χ1n) is 48.9. The fourth-order valence-electron chi connectivity index (χ4n) is 19.2. The summed E-state index contributed by atoms with van der Waals surface area (Å²) in [6.07, 6.45) is 51.2. The molecule has 4 saturated carbocycles. The van der Waals surface area contributed by atoms with Crippen molar-refractivity contribution in [3.63, 3.8) is 0 Å². The van der Waals surface area contributed by atoms with E-state index in [0.29, 0.717) is 67.6 Å². The molecule has 22 rings (SSSR count). The number of nitrogens with zero attached hydrogens (tertiary/aromatic N) is 19. The first-order chi connectivity index (χ1) is 67.2. The summed E-state index contributed by atoms with van der Waals surface area (Å²) < 4.78 is 64.2. The molecule has 12 aromatic rings. The topological polar surface area (TPSA) is 368 Å². The number of aromatic nitrogens is 15. The molecule has 6 saturated heterocycles. The van der Waals surface area contributed by atoms with Gasteiger partial charge in [-0.25, -0.2) is 49.8 Å². The number of pyridine rings is 1. The zero-order valence-electron chi connectivity index (χ0n) is 77.5. The minimum atomic E-state index is 0.116. The fraction of sp³-hybridized carbons (Fsp3) is 0.495. The minimum Gasteiger partial charge on any atom is -0.501 e. The Labute approximate surface area is 792 Å². The van der Waals surface area contributed by atoms with Crippen molar-refractivity contribution in [2.75, 3.05) is 179 Å². The van der Waals surface area contributed by atoms with E-state index in [1.165, 1.54) is 5.56 Å². The number of rotatable bonds is 26. The van der Waals surface area contributed by atoms with Crippen molar-refractivity contribution in [1.29, 1.82) is 0 Å². The zero-order valence-corrected chi connectivity index (χ0v) is 77.5. The predicted molar refractivity (Wildman–Crippen MR) is 523 cm³/mol. The number of ether oxygens (including phenoxy) is 11. The van der Waals surface area contributed by atoms with Crippen molar-refractivity contribution in [3.8, 4) is 28.7 Å². The molecule has 4 aliphatic carbocycles. The Bertz CT molecular complexity index is 5770. The molecule has 35 nitrogen and oxygen atoms in total. The average Bonchev–Trinajstić information content (AvgIpc) is 0.802. The first kappa shape index (κ1) is 92.4. The van der Waals surface area contributed by atoms with Gasteiger partial charge in [0.15, 0.2) is 5.75 Å². The Morgan fingerprint density at radius 3 is 1.01 bits per heavy atom. The molecule has 0 bridgehead atoms. The van der Waals surface area contributed by atoms with Gasteiger partial charge in [0.1, 0.15) is 51.2 Å². The molecule has 35 heteroatoms. The Kier molecular flexibility index (Phi) is 31.7. The van der Waals surface area contributed by atoms with Crippen LogP contribution in [0.1, 0.15) is 140 Å². The maximum atomic E-state index is 6.56. The predicted octanol–water partition coefficient (Wildman–Crippen LogP) is 14.1. The molecule has 14 heterocycles. The number of anilines is 8. The van der Waals surface area contributed by atoms with Crippen molar-refractivity contribution in [1.82, 2.24) is 80.1 Å². The second-order valence-corrected chi connectivity index (χ2v) is 36.0. The van der Waals surface area contributed by atoms with Crippen molar-refractivity contribution in [3.05, 3.63) is 177 Å². The molecule has 0 amide bonds. The van der Waals surface area contributed by atoms with Crippen LogP contribution in [0.25, 0.3) is 50.2 Å². The molecule has 5 N–H and O–H groups in total. The molecule has 4 aromatic carbocycles. The maximum absolute atomic E-state index is 6.56. The van der Waals surface area contributed by atoms with Gasteiger partial charge in [-0.2, -0.15) is 0 Å². The van der Waals surface area contributed by atoms with Crippen molar-refractivity contribution < 1.29 is 52.1 Å². The third-order valence-electron chi connectivity index (χ3n) is 26.7. The van der Waals surface area contributed by atoms with E-state index in [9.17, 15) is 0 Å². The quantitative estimate of drug-likeness (QED) is 0.0314. The Balaban J connectivity index is 0.000000116. The number of morpholine rings is 4. The van der Waals surface area contributed by atoms with Crippen LogP contribution in [0.5, 0.6) is 28.7 Å². The molecule has 8 aromatic heterocycles. The molecular formula is C101H124N24O11. The summed E-state index contributed by atoms with van der Waals surface area (Å²) in [4.78, 5) is 76.9. The van der Waals surface area contributed by atoms with Crippen LogP contribution in [0.2, 0.25) is 0 Å². The highest BCUT2D eigenvalue weighted by molar-refractivity contribution is 5.88. The van der Waals surface area contributed by atoms with E-state index >= 15 is 0 Å². The number of fused-ring (bicyclic) bond motifs is 4. The van der Waals surface area contributed by atoms with Gasteiger partial charge in [-0.3, -0.25) is 24.9 Å². The second-order valence-electron chi connectivity index (χ2n) is 36.0. The molecule has 10 fully saturated rings. The van der Waals surface area contributed by atoms with Crippen LogP contribution >= 0.6 is 0 Å². The van der Waals surface area contributed by atoms with E-state index in [1.807, 2.05) is 37.7 Å². The summed E-state index contributed by atoms with van der Waals surface area (Å²) in [7, 11) is 0. The molecule has 0 unspecified atom stereocenters. The fourth-order valence-corrected chi connectivity index (χ4v) is 19.2. The van der Waals surface area contributed by atoms with E-state index in [0.717, 1.165) is 341 Å². The Hall–Kier alpha value is -12.7. The maximum Gasteiger partial charge on any atom is 0.223 e. The third kappa shape index (κ3) is 25.1. The normalized spacial score (nSPS) is 22.4. The highest BCUT2D eigenvalue weighted by atomic mass is 16.6. The largest absolute Gasteiger partial charge is 0.501 e. The highest BCUT2D eigenvalue weighted by Gasteiger charge is 2.32. The van der Waals surface area contributed by atoms with Crippen LogP contribution in [-0.4, -0.2) is 268 Å². The summed E-state index contributed by atoms with van der Waals surface area (Å²) in [5, 5.41) is 17.5. The van der Waals surface area contributed by atoms with Crippen LogP contribution in [-0.2, 0) is 28.4 Å². The van der Waals surface area contributed by atoms with Gasteiger partial charge in [-0.1, -0.05) is 0 Å². The molecule has 6 aliphatic heterocycles. The number of nitrogens with one attached hydrogen (secondary N) is 5.